The van der Waals surface area contributed by atoms with Crippen molar-refractivity contribution in [3.63, 3.8) is 0 Å². The Hall–Kier alpha value is -2.17. The number of rotatable bonds is 3. The molecule has 0 aliphatic carbocycles. The molecule has 5 nitrogen and oxygen atoms in total. The predicted molar refractivity (Wildman–Crippen MR) is 70.6 cm³/mol. The summed E-state index contributed by atoms with van der Waals surface area (Å²) in [5.41, 5.74) is 7.12. The molecule has 0 amide bonds. The minimum Gasteiger partial charge on any atom is -0.368 e. The van der Waals surface area contributed by atoms with Crippen molar-refractivity contribution in [2.24, 2.45) is 0 Å². The first kappa shape index (κ1) is 11.3. The summed E-state index contributed by atoms with van der Waals surface area (Å²) in [6, 6.07) is 2.15. The number of hydrogen-bond donors (Lipinski definition) is 2. The van der Waals surface area contributed by atoms with Crippen LogP contribution in [0.25, 0.3) is 17.0 Å². The highest BCUT2D eigenvalue weighted by atomic mass is 15.1. The summed E-state index contributed by atoms with van der Waals surface area (Å²) < 4.78 is 0. The number of fused-ring (bicyclic) bond motifs is 1. The number of aromatic nitrogens is 3. The molecule has 3 N–H and O–H groups in total. The molecule has 0 aliphatic heterocycles. The van der Waals surface area contributed by atoms with Gasteiger partial charge < -0.3 is 11.1 Å². The number of pyridine rings is 1. The molecule has 2 aromatic heterocycles. The maximum absolute atomic E-state index is 5.60. The van der Waals surface area contributed by atoms with E-state index in [1.165, 1.54) is 0 Å². The Labute approximate surface area is 99.8 Å². The summed E-state index contributed by atoms with van der Waals surface area (Å²) in [5.74, 6) is 0.957. The second-order valence-electron chi connectivity index (χ2n) is 4.06. The van der Waals surface area contributed by atoms with E-state index >= 15 is 0 Å². The van der Waals surface area contributed by atoms with Gasteiger partial charge in [0.15, 0.2) is 5.82 Å². The molecule has 0 saturated carbocycles. The fraction of sp³-hybridized carbons (Fsp3) is 0.250. The normalized spacial score (nSPS) is 10.8. The van der Waals surface area contributed by atoms with Crippen molar-refractivity contribution in [1.82, 2.24) is 15.0 Å². The summed E-state index contributed by atoms with van der Waals surface area (Å²) >= 11 is 0. The van der Waals surface area contributed by atoms with Crippen LogP contribution >= 0.6 is 0 Å². The van der Waals surface area contributed by atoms with Crippen LogP contribution in [0.3, 0.4) is 0 Å². The van der Waals surface area contributed by atoms with Gasteiger partial charge in [0.25, 0.3) is 0 Å². The van der Waals surface area contributed by atoms with Crippen molar-refractivity contribution in [2.75, 3.05) is 11.1 Å². The minimum atomic E-state index is 0.248. The van der Waals surface area contributed by atoms with Crippen molar-refractivity contribution in [1.29, 1.82) is 0 Å². The maximum Gasteiger partial charge on any atom is 0.220 e. The molecule has 5 heteroatoms. The average molecular weight is 229 g/mol. The molecule has 0 aliphatic rings. The molecule has 2 heterocycles. The van der Waals surface area contributed by atoms with Crippen LogP contribution in [-0.2, 0) is 0 Å². The van der Waals surface area contributed by atoms with Crippen molar-refractivity contribution in [3.05, 3.63) is 24.5 Å². The van der Waals surface area contributed by atoms with Crippen LogP contribution in [0.1, 0.15) is 19.5 Å². The lowest BCUT2D eigenvalue weighted by Crippen LogP contribution is -2.12. The van der Waals surface area contributed by atoms with Crippen molar-refractivity contribution >= 4 is 28.7 Å². The molecular formula is C12H15N5. The molecule has 2 rings (SSSR count). The van der Waals surface area contributed by atoms with Crippen molar-refractivity contribution in [3.8, 4) is 0 Å². The molecule has 0 aromatic carbocycles. The Morgan fingerprint density at radius 1 is 1.41 bits per heavy atom. The minimum absolute atomic E-state index is 0.248. The van der Waals surface area contributed by atoms with Crippen LogP contribution in [0, 0.1) is 0 Å². The number of nitrogens with one attached hydrogen (secondary N) is 1. The van der Waals surface area contributed by atoms with Gasteiger partial charge in [-0.15, -0.1) is 0 Å². The molecule has 0 unspecified atom stereocenters. The fourth-order valence-electron chi connectivity index (χ4n) is 1.55. The summed E-state index contributed by atoms with van der Waals surface area (Å²) in [6.45, 7) is 7.80. The van der Waals surface area contributed by atoms with Crippen molar-refractivity contribution < 1.29 is 0 Å². The topological polar surface area (TPSA) is 76.7 Å². The van der Waals surface area contributed by atoms with Crippen LogP contribution in [0.2, 0.25) is 0 Å². The van der Waals surface area contributed by atoms with E-state index in [1.54, 1.807) is 12.3 Å². The maximum atomic E-state index is 5.60. The molecule has 0 atom stereocenters. The number of nitrogen functional groups attached to an aromatic ring is 1. The lowest BCUT2D eigenvalue weighted by atomic mass is 10.2. The van der Waals surface area contributed by atoms with Gasteiger partial charge in [-0.1, -0.05) is 6.58 Å². The van der Waals surface area contributed by atoms with Crippen molar-refractivity contribution in [2.45, 2.75) is 19.9 Å². The highest BCUT2D eigenvalue weighted by Crippen LogP contribution is 2.21. The van der Waals surface area contributed by atoms with E-state index in [0.29, 0.717) is 5.82 Å². The van der Waals surface area contributed by atoms with Gasteiger partial charge in [-0.2, -0.15) is 0 Å². The Morgan fingerprint density at radius 3 is 2.82 bits per heavy atom. The SMILES string of the molecule is C=Cc1cc2cnc(N)nc2c(NC(C)C)n1. The van der Waals surface area contributed by atoms with Gasteiger partial charge in [-0.25, -0.2) is 15.0 Å². The van der Waals surface area contributed by atoms with Crippen LogP contribution in [0.5, 0.6) is 0 Å². The Bertz CT molecular complexity index is 562. The Balaban J connectivity index is 2.67. The number of nitrogens with zero attached hydrogens (tertiary/aromatic N) is 3. The number of nitrogens with two attached hydrogens (primary N) is 1. The van der Waals surface area contributed by atoms with Crippen LogP contribution in [0.4, 0.5) is 11.8 Å². The highest BCUT2D eigenvalue weighted by molar-refractivity contribution is 5.89. The smallest absolute Gasteiger partial charge is 0.220 e. The zero-order valence-corrected chi connectivity index (χ0v) is 9.94. The van der Waals surface area contributed by atoms with E-state index in [4.69, 9.17) is 5.73 Å². The van der Waals surface area contributed by atoms with Gasteiger partial charge in [0.2, 0.25) is 5.95 Å². The van der Waals surface area contributed by atoms with E-state index in [9.17, 15) is 0 Å². The average Bonchev–Trinajstić information content (AvgIpc) is 2.28. The lowest BCUT2D eigenvalue weighted by Gasteiger charge is -2.12. The molecule has 0 bridgehead atoms. The quantitative estimate of drug-likeness (QED) is 0.842. The molecule has 0 fully saturated rings. The first-order chi connectivity index (χ1) is 8.10. The molecule has 17 heavy (non-hydrogen) atoms. The van der Waals surface area contributed by atoms with E-state index in [2.05, 4.69) is 26.8 Å². The van der Waals surface area contributed by atoms with Crippen LogP contribution < -0.4 is 11.1 Å². The summed E-state index contributed by atoms with van der Waals surface area (Å²) in [4.78, 5) is 12.6. The van der Waals surface area contributed by atoms with Gasteiger partial charge in [-0.05, 0) is 26.0 Å². The zero-order valence-electron chi connectivity index (χ0n) is 9.94. The number of anilines is 2. The summed E-state index contributed by atoms with van der Waals surface area (Å²) in [5, 5.41) is 4.14. The second kappa shape index (κ2) is 4.37. The van der Waals surface area contributed by atoms with Crippen LogP contribution in [0.15, 0.2) is 18.8 Å². The highest BCUT2D eigenvalue weighted by Gasteiger charge is 2.08. The standard InChI is InChI=1S/C12H15N5/c1-4-9-5-8-6-14-12(13)17-10(8)11(16-9)15-7(2)3/h4-7H,1H2,2-3H3,(H,15,16)(H2,13,14,17). The third-order valence-electron chi connectivity index (χ3n) is 2.24. The molecule has 88 valence electrons. The second-order valence-corrected chi connectivity index (χ2v) is 4.06. The Morgan fingerprint density at radius 2 is 2.18 bits per heavy atom. The zero-order chi connectivity index (χ0) is 12.4. The molecule has 0 radical (unpaired) electrons. The largest absolute Gasteiger partial charge is 0.368 e. The first-order valence-electron chi connectivity index (χ1n) is 5.42. The number of hydrogen-bond acceptors (Lipinski definition) is 5. The van der Waals surface area contributed by atoms with Gasteiger partial charge in [0, 0.05) is 17.6 Å². The molecular weight excluding hydrogens is 214 g/mol. The van der Waals surface area contributed by atoms with Gasteiger partial charge in [0.05, 0.1) is 5.69 Å². The third-order valence-corrected chi connectivity index (χ3v) is 2.24. The van der Waals surface area contributed by atoms with Gasteiger partial charge in [0.1, 0.15) is 5.52 Å². The molecule has 2 aromatic rings. The fourth-order valence-corrected chi connectivity index (χ4v) is 1.55. The first-order valence-corrected chi connectivity index (χ1v) is 5.42. The monoisotopic (exact) mass is 229 g/mol. The summed E-state index contributed by atoms with van der Waals surface area (Å²) in [7, 11) is 0. The van der Waals surface area contributed by atoms with Crippen LogP contribution in [-0.4, -0.2) is 21.0 Å². The van der Waals surface area contributed by atoms with Gasteiger partial charge in [-0.3, -0.25) is 0 Å². The molecule has 0 spiro atoms. The Kier molecular flexibility index (Phi) is 2.91. The van der Waals surface area contributed by atoms with E-state index in [1.807, 2.05) is 19.9 Å². The van der Waals surface area contributed by atoms with E-state index < -0.39 is 0 Å². The lowest BCUT2D eigenvalue weighted by molar-refractivity contribution is 0.890. The third kappa shape index (κ3) is 2.33. The van der Waals surface area contributed by atoms with E-state index in [0.717, 1.165) is 16.6 Å². The summed E-state index contributed by atoms with van der Waals surface area (Å²) in [6.07, 6.45) is 3.39. The van der Waals surface area contributed by atoms with E-state index in [-0.39, 0.29) is 12.0 Å². The van der Waals surface area contributed by atoms with Gasteiger partial charge >= 0.3 is 0 Å². The molecule has 0 saturated heterocycles. The predicted octanol–water partition coefficient (Wildman–Crippen LogP) is 2.07.